The van der Waals surface area contributed by atoms with Crippen molar-refractivity contribution in [3.63, 3.8) is 0 Å². The summed E-state index contributed by atoms with van der Waals surface area (Å²) in [6, 6.07) is 3.23. The first-order valence-corrected chi connectivity index (χ1v) is 5.09. The maximum atomic E-state index is 11.3. The van der Waals surface area contributed by atoms with Crippen molar-refractivity contribution in [3.8, 4) is 0 Å². The molecule has 14 heavy (non-hydrogen) atoms. The van der Waals surface area contributed by atoms with E-state index in [4.69, 9.17) is 0 Å². The Labute approximate surface area is 82.9 Å². The fourth-order valence-corrected chi connectivity index (χ4v) is 1.82. The molecular weight excluding hydrogens is 178 g/mol. The van der Waals surface area contributed by atoms with Crippen LogP contribution in [0.1, 0.15) is 12.8 Å². The molecule has 1 atom stereocenters. The monoisotopic (exact) mass is 193 g/mol. The van der Waals surface area contributed by atoms with Crippen molar-refractivity contribution in [2.24, 2.45) is 5.92 Å². The second kappa shape index (κ2) is 4.37. The molecule has 0 bridgehead atoms. The zero-order chi connectivity index (χ0) is 9.80. The fourth-order valence-electron chi connectivity index (χ4n) is 1.82. The van der Waals surface area contributed by atoms with Gasteiger partial charge in [0.1, 0.15) is 0 Å². The van der Waals surface area contributed by atoms with Crippen molar-refractivity contribution in [3.05, 3.63) is 28.7 Å². The van der Waals surface area contributed by atoms with Crippen molar-refractivity contribution in [1.29, 1.82) is 0 Å². The minimum absolute atomic E-state index is 0.00143. The molecule has 0 aliphatic carbocycles. The van der Waals surface area contributed by atoms with Crippen molar-refractivity contribution in [2.45, 2.75) is 19.4 Å². The van der Waals surface area contributed by atoms with Gasteiger partial charge >= 0.3 is 0 Å². The average Bonchev–Trinajstić information content (AvgIpc) is 2.69. The van der Waals surface area contributed by atoms with Crippen LogP contribution in [-0.4, -0.2) is 22.9 Å². The van der Waals surface area contributed by atoms with Crippen molar-refractivity contribution in [2.75, 3.05) is 13.1 Å². The summed E-state index contributed by atoms with van der Waals surface area (Å²) in [5, 5.41) is 7.34. The van der Waals surface area contributed by atoms with Crippen molar-refractivity contribution in [1.82, 2.24) is 15.1 Å². The Bertz CT molecular complexity index is 341. The Kier molecular flexibility index (Phi) is 2.93. The second-order valence-electron chi connectivity index (χ2n) is 3.73. The second-order valence-corrected chi connectivity index (χ2v) is 3.73. The summed E-state index contributed by atoms with van der Waals surface area (Å²) in [7, 11) is 0. The fraction of sp³-hybridized carbons (Fsp3) is 0.600. The van der Waals surface area contributed by atoms with E-state index in [1.807, 2.05) is 0 Å². The molecule has 1 aliphatic heterocycles. The molecule has 1 unspecified atom stereocenters. The standard InChI is InChI=1S/C10H15N3O/c14-10-2-1-5-12-13(10)7-4-9-3-6-11-8-9/h1-2,5,9,11H,3-4,6-8H2. The first-order valence-electron chi connectivity index (χ1n) is 5.09. The van der Waals surface area contributed by atoms with E-state index in [2.05, 4.69) is 10.4 Å². The minimum Gasteiger partial charge on any atom is -0.316 e. The highest BCUT2D eigenvalue weighted by atomic mass is 16.1. The van der Waals surface area contributed by atoms with Gasteiger partial charge in [0.15, 0.2) is 0 Å². The van der Waals surface area contributed by atoms with Crippen LogP contribution < -0.4 is 10.9 Å². The molecule has 2 rings (SSSR count). The lowest BCUT2D eigenvalue weighted by Crippen LogP contribution is -2.23. The Morgan fingerprint density at radius 1 is 1.64 bits per heavy atom. The van der Waals surface area contributed by atoms with Gasteiger partial charge in [0.25, 0.3) is 5.56 Å². The first-order chi connectivity index (χ1) is 6.86. The lowest BCUT2D eigenvalue weighted by Gasteiger charge is -2.08. The Balaban J connectivity index is 1.91. The number of hydrogen-bond acceptors (Lipinski definition) is 3. The van der Waals surface area contributed by atoms with Crippen LogP contribution in [0.15, 0.2) is 23.1 Å². The molecule has 1 aromatic rings. The Hall–Kier alpha value is -1.16. The van der Waals surface area contributed by atoms with Gasteiger partial charge in [-0.1, -0.05) is 0 Å². The predicted molar refractivity (Wildman–Crippen MR) is 54.1 cm³/mol. The van der Waals surface area contributed by atoms with Crippen LogP contribution in [0.4, 0.5) is 0 Å². The van der Waals surface area contributed by atoms with Crippen molar-refractivity contribution >= 4 is 0 Å². The molecule has 0 saturated carbocycles. The summed E-state index contributed by atoms with van der Waals surface area (Å²) < 4.78 is 1.54. The number of rotatable bonds is 3. The van der Waals surface area contributed by atoms with Crippen LogP contribution >= 0.6 is 0 Å². The highest BCUT2D eigenvalue weighted by Crippen LogP contribution is 2.11. The lowest BCUT2D eigenvalue weighted by atomic mass is 10.1. The SMILES string of the molecule is O=c1cccnn1CCC1CCNC1. The van der Waals surface area contributed by atoms with Crippen LogP contribution in [0.3, 0.4) is 0 Å². The summed E-state index contributed by atoms with van der Waals surface area (Å²) in [5.74, 6) is 0.712. The molecular formula is C10H15N3O. The Morgan fingerprint density at radius 3 is 3.29 bits per heavy atom. The van der Waals surface area contributed by atoms with Crippen LogP contribution in [0.5, 0.6) is 0 Å². The summed E-state index contributed by atoms with van der Waals surface area (Å²) in [6.07, 6.45) is 3.93. The third kappa shape index (κ3) is 2.20. The normalized spacial score (nSPS) is 21.3. The highest BCUT2D eigenvalue weighted by Gasteiger charge is 2.14. The van der Waals surface area contributed by atoms with Crippen LogP contribution in [0.25, 0.3) is 0 Å². The molecule has 1 N–H and O–H groups in total. The van der Waals surface area contributed by atoms with E-state index in [1.54, 1.807) is 23.0 Å². The molecule has 1 fully saturated rings. The molecule has 0 amide bonds. The van der Waals surface area contributed by atoms with Gasteiger partial charge in [0.2, 0.25) is 0 Å². The molecule has 2 heterocycles. The molecule has 0 aromatic carbocycles. The zero-order valence-corrected chi connectivity index (χ0v) is 8.15. The summed E-state index contributed by atoms with van der Waals surface area (Å²) in [6.45, 7) is 2.94. The number of aryl methyl sites for hydroxylation is 1. The average molecular weight is 193 g/mol. The van der Waals surface area contributed by atoms with Gasteiger partial charge in [-0.05, 0) is 37.9 Å². The van der Waals surface area contributed by atoms with E-state index in [0.29, 0.717) is 5.92 Å². The first kappa shape index (κ1) is 9.40. The van der Waals surface area contributed by atoms with Gasteiger partial charge in [-0.2, -0.15) is 5.10 Å². The third-order valence-electron chi connectivity index (χ3n) is 2.70. The maximum absolute atomic E-state index is 11.3. The lowest BCUT2D eigenvalue weighted by molar-refractivity contribution is 0.446. The van der Waals surface area contributed by atoms with Crippen LogP contribution in [0, 0.1) is 5.92 Å². The van der Waals surface area contributed by atoms with Crippen LogP contribution in [-0.2, 0) is 6.54 Å². The summed E-state index contributed by atoms with van der Waals surface area (Å²) in [5.41, 5.74) is -0.00143. The van der Waals surface area contributed by atoms with Gasteiger partial charge in [0, 0.05) is 18.8 Å². The molecule has 1 aliphatic rings. The van der Waals surface area contributed by atoms with Crippen LogP contribution in [0.2, 0.25) is 0 Å². The molecule has 4 heteroatoms. The molecule has 0 spiro atoms. The molecule has 76 valence electrons. The van der Waals surface area contributed by atoms with E-state index < -0.39 is 0 Å². The van der Waals surface area contributed by atoms with E-state index in [1.165, 1.54) is 6.42 Å². The predicted octanol–water partition coefficient (Wildman–Crippen LogP) is 0.243. The Morgan fingerprint density at radius 2 is 2.57 bits per heavy atom. The van der Waals surface area contributed by atoms with E-state index in [0.717, 1.165) is 26.1 Å². The molecule has 1 aromatic heterocycles. The minimum atomic E-state index is -0.00143. The molecule has 1 saturated heterocycles. The van der Waals surface area contributed by atoms with Gasteiger partial charge in [-0.3, -0.25) is 4.79 Å². The van der Waals surface area contributed by atoms with Gasteiger partial charge in [0.05, 0.1) is 0 Å². The van der Waals surface area contributed by atoms with E-state index in [9.17, 15) is 4.79 Å². The topological polar surface area (TPSA) is 46.9 Å². The third-order valence-corrected chi connectivity index (χ3v) is 2.70. The van der Waals surface area contributed by atoms with Gasteiger partial charge < -0.3 is 5.32 Å². The summed E-state index contributed by atoms with van der Waals surface area (Å²) >= 11 is 0. The van der Waals surface area contributed by atoms with Crippen molar-refractivity contribution < 1.29 is 0 Å². The number of nitrogens with zero attached hydrogens (tertiary/aromatic N) is 2. The van der Waals surface area contributed by atoms with Gasteiger partial charge in [-0.15, -0.1) is 0 Å². The highest BCUT2D eigenvalue weighted by molar-refractivity contribution is 4.84. The smallest absolute Gasteiger partial charge is 0.266 e. The number of nitrogens with one attached hydrogen (secondary N) is 1. The summed E-state index contributed by atoms with van der Waals surface area (Å²) in [4.78, 5) is 11.3. The quantitative estimate of drug-likeness (QED) is 0.748. The number of aromatic nitrogens is 2. The zero-order valence-electron chi connectivity index (χ0n) is 8.15. The van der Waals surface area contributed by atoms with Gasteiger partial charge in [-0.25, -0.2) is 4.68 Å². The van der Waals surface area contributed by atoms with E-state index in [-0.39, 0.29) is 5.56 Å². The number of hydrogen-bond donors (Lipinski definition) is 1. The van der Waals surface area contributed by atoms with E-state index >= 15 is 0 Å². The largest absolute Gasteiger partial charge is 0.316 e. The maximum Gasteiger partial charge on any atom is 0.266 e. The molecule has 0 radical (unpaired) electrons. The molecule has 4 nitrogen and oxygen atoms in total.